The highest BCUT2D eigenvalue weighted by atomic mass is 19.1. The molecule has 0 saturated carbocycles. The van der Waals surface area contributed by atoms with Crippen LogP contribution in [0.3, 0.4) is 0 Å². The van der Waals surface area contributed by atoms with Crippen LogP contribution in [0.4, 0.5) is 4.39 Å². The lowest BCUT2D eigenvalue weighted by Gasteiger charge is -2.22. The molecule has 0 radical (unpaired) electrons. The number of hydrogen-bond donors (Lipinski definition) is 3. The molecule has 4 rings (SSSR count). The number of halogens is 1. The summed E-state index contributed by atoms with van der Waals surface area (Å²) in [7, 11) is 0. The number of rotatable bonds is 1. The van der Waals surface area contributed by atoms with Crippen molar-refractivity contribution in [3.63, 3.8) is 0 Å². The zero-order chi connectivity index (χ0) is 25.5. The summed E-state index contributed by atoms with van der Waals surface area (Å²) in [4.78, 5) is 39.6. The van der Waals surface area contributed by atoms with Crippen molar-refractivity contribution in [1.82, 2.24) is 15.5 Å². The van der Waals surface area contributed by atoms with Crippen molar-refractivity contribution >= 4 is 17.7 Å². The van der Waals surface area contributed by atoms with Gasteiger partial charge in [-0.1, -0.05) is 6.07 Å². The number of hydrogen-bond acceptors (Lipinski definition) is 5. The predicted molar refractivity (Wildman–Crippen MR) is 131 cm³/mol. The van der Waals surface area contributed by atoms with Crippen LogP contribution >= 0.6 is 0 Å². The summed E-state index contributed by atoms with van der Waals surface area (Å²) in [5.41, 5.74) is 1.86. The molecule has 1 aliphatic rings. The zero-order valence-electron chi connectivity index (χ0n) is 19.8. The molecule has 1 aliphatic heterocycles. The second-order valence-electron chi connectivity index (χ2n) is 8.66. The molecule has 4 bridgehead atoms. The Morgan fingerprint density at radius 1 is 0.944 bits per heavy atom. The lowest BCUT2D eigenvalue weighted by atomic mass is 9.98. The maximum Gasteiger partial charge on any atom is 0.257 e. The topological polar surface area (TPSA) is 112 Å². The van der Waals surface area contributed by atoms with Gasteiger partial charge in [0, 0.05) is 49.3 Å². The number of furan rings is 1. The van der Waals surface area contributed by atoms with E-state index in [1.807, 2.05) is 0 Å². The van der Waals surface area contributed by atoms with E-state index in [9.17, 15) is 23.9 Å². The van der Waals surface area contributed by atoms with Crippen molar-refractivity contribution in [2.75, 3.05) is 26.2 Å². The summed E-state index contributed by atoms with van der Waals surface area (Å²) in [6, 6.07) is 10.4. The lowest BCUT2D eigenvalue weighted by Crippen LogP contribution is -2.35. The number of phenolic OH excluding ortho intramolecular Hbond substituents is 1. The van der Waals surface area contributed by atoms with Gasteiger partial charge in [0.1, 0.15) is 17.8 Å². The van der Waals surface area contributed by atoms with Crippen molar-refractivity contribution in [3.8, 4) is 16.9 Å². The first-order chi connectivity index (χ1) is 17.4. The fraction of sp³-hybridized carbons (Fsp3) is 0.296. The van der Waals surface area contributed by atoms with Gasteiger partial charge in [0.15, 0.2) is 0 Å². The Balaban J connectivity index is 1.56. The third-order valence-electron chi connectivity index (χ3n) is 6.09. The van der Waals surface area contributed by atoms with Gasteiger partial charge in [-0.3, -0.25) is 14.4 Å². The van der Waals surface area contributed by atoms with E-state index in [0.717, 1.165) is 5.56 Å². The SMILES string of the molecule is O=C1CCCN(C(=O)c2ccoc2)CCCNC(=O)c2ccc(F)c(c2)-c2cc(ccc2O)CCN1. The van der Waals surface area contributed by atoms with Gasteiger partial charge < -0.3 is 25.1 Å². The van der Waals surface area contributed by atoms with Crippen molar-refractivity contribution in [3.05, 3.63) is 77.5 Å². The maximum atomic E-state index is 14.7. The van der Waals surface area contributed by atoms with Crippen LogP contribution in [0.5, 0.6) is 5.75 Å². The van der Waals surface area contributed by atoms with Gasteiger partial charge in [0.2, 0.25) is 5.91 Å². The molecule has 0 fully saturated rings. The second-order valence-corrected chi connectivity index (χ2v) is 8.66. The summed E-state index contributed by atoms with van der Waals surface area (Å²) in [6.07, 6.45) is 4.51. The summed E-state index contributed by atoms with van der Waals surface area (Å²) in [5, 5.41) is 16.0. The van der Waals surface area contributed by atoms with Gasteiger partial charge in [-0.25, -0.2) is 4.39 Å². The van der Waals surface area contributed by atoms with E-state index in [2.05, 4.69) is 10.6 Å². The van der Waals surface area contributed by atoms with Gasteiger partial charge in [-0.05, 0) is 61.2 Å². The summed E-state index contributed by atoms with van der Waals surface area (Å²) < 4.78 is 19.7. The average molecular weight is 494 g/mol. The van der Waals surface area contributed by atoms with E-state index in [0.29, 0.717) is 51.0 Å². The highest BCUT2D eigenvalue weighted by molar-refractivity contribution is 5.96. The number of aromatic hydroxyl groups is 1. The monoisotopic (exact) mass is 493 g/mol. The minimum Gasteiger partial charge on any atom is -0.507 e. The molecule has 0 atom stereocenters. The maximum absolute atomic E-state index is 14.7. The van der Waals surface area contributed by atoms with Crippen LogP contribution in [0.15, 0.2) is 59.4 Å². The molecule has 2 aromatic carbocycles. The third-order valence-corrected chi connectivity index (χ3v) is 6.09. The lowest BCUT2D eigenvalue weighted by molar-refractivity contribution is -0.121. The van der Waals surface area contributed by atoms with E-state index in [1.165, 1.54) is 36.8 Å². The number of phenols is 1. The van der Waals surface area contributed by atoms with Gasteiger partial charge in [-0.2, -0.15) is 0 Å². The molecule has 0 spiro atoms. The summed E-state index contributed by atoms with van der Waals surface area (Å²) in [5.74, 6) is -1.39. The molecule has 3 aromatic rings. The zero-order valence-corrected chi connectivity index (χ0v) is 19.8. The van der Waals surface area contributed by atoms with Gasteiger partial charge in [0.05, 0.1) is 11.8 Å². The van der Waals surface area contributed by atoms with Crippen molar-refractivity contribution in [2.45, 2.75) is 25.7 Å². The fourth-order valence-corrected chi connectivity index (χ4v) is 4.15. The second kappa shape index (κ2) is 11.5. The molecule has 0 unspecified atom stereocenters. The van der Waals surface area contributed by atoms with Crippen molar-refractivity contribution in [2.24, 2.45) is 0 Å². The molecule has 1 aromatic heterocycles. The largest absolute Gasteiger partial charge is 0.507 e. The predicted octanol–water partition coefficient (Wildman–Crippen LogP) is 3.51. The number of nitrogens with zero attached hydrogens (tertiary/aromatic N) is 1. The molecule has 0 saturated heterocycles. The van der Waals surface area contributed by atoms with Crippen molar-refractivity contribution in [1.29, 1.82) is 0 Å². The Hall–Kier alpha value is -4.14. The number of amides is 3. The molecule has 0 aliphatic carbocycles. The fourth-order valence-electron chi connectivity index (χ4n) is 4.15. The molecule has 36 heavy (non-hydrogen) atoms. The first-order valence-electron chi connectivity index (χ1n) is 11.9. The summed E-state index contributed by atoms with van der Waals surface area (Å²) in [6.45, 7) is 1.42. The first kappa shape index (κ1) is 25.0. The molecule has 2 heterocycles. The van der Waals surface area contributed by atoms with Crippen LogP contribution in [0, 0.1) is 5.82 Å². The van der Waals surface area contributed by atoms with Crippen LogP contribution in [0.1, 0.15) is 45.5 Å². The van der Waals surface area contributed by atoms with Crippen LogP contribution in [0.2, 0.25) is 0 Å². The Morgan fingerprint density at radius 3 is 2.58 bits per heavy atom. The molecule has 9 heteroatoms. The standard InChI is InChI=1S/C27H28FN3O5/c28-23-6-5-19-16-21(23)22-15-18(4-7-24(22)32)8-11-29-25(33)3-1-12-31(13-2-10-30-26(19)34)27(35)20-9-14-36-17-20/h4-7,9,14-17,32H,1-3,8,10-13H2,(H,29,33)(H,30,34). The normalized spacial score (nSPS) is 15.8. The number of nitrogens with one attached hydrogen (secondary N) is 2. The minimum absolute atomic E-state index is 0.104. The quantitative estimate of drug-likeness (QED) is 0.480. The highest BCUT2D eigenvalue weighted by Gasteiger charge is 2.18. The number of carbonyl (C=O) groups is 3. The Kier molecular flexibility index (Phi) is 7.99. The molecule has 8 nitrogen and oxygen atoms in total. The molecular formula is C27H28FN3O5. The van der Waals surface area contributed by atoms with Gasteiger partial charge >= 0.3 is 0 Å². The van der Waals surface area contributed by atoms with E-state index in [4.69, 9.17) is 4.42 Å². The molecular weight excluding hydrogens is 465 g/mol. The highest BCUT2D eigenvalue weighted by Crippen LogP contribution is 2.33. The third kappa shape index (κ3) is 6.10. The molecule has 3 N–H and O–H groups in total. The molecule has 3 amide bonds. The first-order valence-corrected chi connectivity index (χ1v) is 11.9. The molecule has 188 valence electrons. The van der Waals surface area contributed by atoms with Crippen LogP contribution in [-0.4, -0.2) is 53.9 Å². The smallest absolute Gasteiger partial charge is 0.257 e. The van der Waals surface area contributed by atoms with Crippen LogP contribution in [0.25, 0.3) is 11.1 Å². The summed E-state index contributed by atoms with van der Waals surface area (Å²) >= 11 is 0. The van der Waals surface area contributed by atoms with Crippen LogP contribution in [-0.2, 0) is 11.2 Å². The number of benzene rings is 2. The number of carbonyl (C=O) groups excluding carboxylic acids is 3. The number of fused-ring (bicyclic) bond motifs is 5. The van der Waals surface area contributed by atoms with Crippen molar-refractivity contribution < 1.29 is 28.3 Å². The van der Waals surface area contributed by atoms with E-state index >= 15 is 0 Å². The minimum atomic E-state index is -0.563. The van der Waals surface area contributed by atoms with Crippen LogP contribution < -0.4 is 10.6 Å². The van der Waals surface area contributed by atoms with E-state index in [-0.39, 0.29) is 46.6 Å². The Bertz CT molecular complexity index is 1240. The van der Waals surface area contributed by atoms with Gasteiger partial charge in [-0.15, -0.1) is 0 Å². The Morgan fingerprint density at radius 2 is 1.78 bits per heavy atom. The van der Waals surface area contributed by atoms with E-state index < -0.39 is 5.82 Å². The average Bonchev–Trinajstić information content (AvgIpc) is 3.41. The van der Waals surface area contributed by atoms with E-state index in [1.54, 1.807) is 23.1 Å². The Labute approximate surface area is 208 Å². The van der Waals surface area contributed by atoms with Gasteiger partial charge in [0.25, 0.3) is 11.8 Å².